The average molecular weight is 862 g/mol. The topological polar surface area (TPSA) is 116 Å². The molecule has 0 fully saturated rings. The van der Waals surface area contributed by atoms with Gasteiger partial charge in [0, 0.05) is 69.8 Å². The van der Waals surface area contributed by atoms with Crippen LogP contribution in [0.2, 0.25) is 10.0 Å². The molecule has 0 spiro atoms. The van der Waals surface area contributed by atoms with E-state index in [2.05, 4.69) is 10.6 Å². The van der Waals surface area contributed by atoms with Gasteiger partial charge in [-0.05, 0) is 95.8 Å². The van der Waals surface area contributed by atoms with Crippen molar-refractivity contribution < 1.29 is 24.6 Å². The molecule has 0 saturated heterocycles. The molecule has 2 heterocycles. The highest BCUT2D eigenvalue weighted by molar-refractivity contribution is 6.31. The predicted octanol–water partition coefficient (Wildman–Crippen LogP) is 10.4. The van der Waals surface area contributed by atoms with Gasteiger partial charge in [-0.2, -0.15) is 0 Å². The molecule has 0 saturated carbocycles. The van der Waals surface area contributed by atoms with Gasteiger partial charge in [0.25, 0.3) is 0 Å². The van der Waals surface area contributed by atoms with Gasteiger partial charge in [0.05, 0.1) is 10.8 Å². The van der Waals surface area contributed by atoms with Crippen molar-refractivity contribution >= 4 is 51.7 Å². The Balaban J connectivity index is 1.44. The van der Waals surface area contributed by atoms with Crippen molar-refractivity contribution in [3.8, 4) is 0 Å². The summed E-state index contributed by atoms with van der Waals surface area (Å²) in [5.41, 5.74) is 2.53. The maximum atomic E-state index is 16.9. The lowest BCUT2D eigenvalue weighted by Gasteiger charge is -2.50. The third-order valence-electron chi connectivity index (χ3n) is 12.4. The molecule has 4 unspecified atom stereocenters. The molecule has 62 heavy (non-hydrogen) atoms. The van der Waals surface area contributed by atoms with Gasteiger partial charge < -0.3 is 20.8 Å². The van der Waals surface area contributed by atoms with Gasteiger partial charge in [-0.1, -0.05) is 145 Å². The van der Waals surface area contributed by atoms with Crippen molar-refractivity contribution in [1.82, 2.24) is 10.6 Å². The summed E-state index contributed by atoms with van der Waals surface area (Å²) in [6.07, 6.45) is 19.7. The molecule has 9 heteroatoms. The molecule has 2 aliphatic heterocycles. The van der Waals surface area contributed by atoms with Crippen LogP contribution in [-0.2, 0) is 4.79 Å². The Bertz CT molecular complexity index is 2470. The van der Waals surface area contributed by atoms with Gasteiger partial charge in [0.1, 0.15) is 0 Å². The molecular weight excluding hydrogens is 815 g/mol. The number of hydrogen-bond acceptors (Lipinski definition) is 7. The number of hydrogen-bond donors (Lipinski definition) is 4. The largest absolute Gasteiger partial charge is 0.396 e. The third-order valence-corrected chi connectivity index (χ3v) is 12.8. The molecule has 0 bridgehead atoms. The van der Waals surface area contributed by atoms with E-state index in [0.29, 0.717) is 56.3 Å². The highest BCUT2D eigenvalue weighted by Gasteiger charge is 2.58. The Labute approximate surface area is 371 Å². The van der Waals surface area contributed by atoms with E-state index in [1.807, 2.05) is 85.5 Å². The smallest absolute Gasteiger partial charge is 0.193 e. The first-order valence-corrected chi connectivity index (χ1v) is 21.5. The Morgan fingerprint density at radius 3 is 1.35 bits per heavy atom. The van der Waals surface area contributed by atoms with Crippen LogP contribution in [-0.4, -0.2) is 40.8 Å². The van der Waals surface area contributed by atoms with E-state index in [1.54, 1.807) is 84.9 Å². The normalized spacial score (nSPS) is 23.0. The van der Waals surface area contributed by atoms with Gasteiger partial charge >= 0.3 is 0 Å². The standard InChI is InChI=1S/C53H46Cl2N2O5/c54-41-19-7-15-37(27-41)43-29-47(39-17-9-23-56-33-39)52(21-25-58,31-45(43)49(60)35-11-3-1-4-12-35)51(62)53(22-26-59)32-46(50(61)36-13-5-2-6-14-36)44(38-16-8-20-42(55)28-38)30-48(53)40-18-10-24-57-34-40/h1-16,19-20,23-24,27-34,47-48,56-59H,17-18,21-22,25-26H2. The van der Waals surface area contributed by atoms with E-state index in [4.69, 9.17) is 23.2 Å². The highest BCUT2D eigenvalue weighted by atomic mass is 35.5. The van der Waals surface area contributed by atoms with E-state index >= 15 is 4.79 Å². The first-order chi connectivity index (χ1) is 30.2. The number of halogens is 2. The van der Waals surface area contributed by atoms with Gasteiger partial charge in [0.2, 0.25) is 0 Å². The second kappa shape index (κ2) is 18.5. The maximum absolute atomic E-state index is 16.9. The summed E-state index contributed by atoms with van der Waals surface area (Å²) in [7, 11) is 0. The summed E-state index contributed by atoms with van der Waals surface area (Å²) >= 11 is 13.2. The van der Waals surface area contributed by atoms with Crippen LogP contribution >= 0.6 is 23.2 Å². The molecule has 4 aromatic rings. The number of carbonyl (C=O) groups is 3. The lowest BCUT2D eigenvalue weighted by Crippen LogP contribution is -2.52. The lowest BCUT2D eigenvalue weighted by atomic mass is 9.51. The Morgan fingerprint density at radius 1 is 0.581 bits per heavy atom. The quantitative estimate of drug-likeness (QED) is 0.0934. The van der Waals surface area contributed by atoms with Crippen molar-refractivity contribution in [2.45, 2.75) is 25.7 Å². The van der Waals surface area contributed by atoms with E-state index in [0.717, 1.165) is 11.1 Å². The van der Waals surface area contributed by atoms with Crippen LogP contribution in [0, 0.1) is 22.7 Å². The van der Waals surface area contributed by atoms with E-state index in [-0.39, 0.29) is 41.3 Å². The fourth-order valence-corrected chi connectivity index (χ4v) is 9.89. The first-order valence-electron chi connectivity index (χ1n) is 20.8. The van der Waals surface area contributed by atoms with Crippen molar-refractivity contribution in [3.63, 3.8) is 0 Å². The number of benzene rings is 4. The number of nitrogens with one attached hydrogen (secondary N) is 2. The second-order valence-electron chi connectivity index (χ2n) is 16.0. The predicted molar refractivity (Wildman–Crippen MR) is 247 cm³/mol. The van der Waals surface area contributed by atoms with Crippen LogP contribution in [0.15, 0.2) is 193 Å². The summed E-state index contributed by atoms with van der Waals surface area (Å²) in [6, 6.07) is 32.4. The molecule has 4 N–H and O–H groups in total. The molecular formula is C53H46Cl2N2O5. The van der Waals surface area contributed by atoms with Crippen LogP contribution in [0.1, 0.15) is 57.5 Å². The number of allylic oxidation sites excluding steroid dienone is 12. The summed E-state index contributed by atoms with van der Waals surface area (Å²) in [5, 5.41) is 29.8. The molecule has 0 aromatic heterocycles. The minimum Gasteiger partial charge on any atom is -0.396 e. The second-order valence-corrected chi connectivity index (χ2v) is 16.9. The molecule has 4 atom stereocenters. The number of rotatable bonds is 14. The molecule has 7 nitrogen and oxygen atoms in total. The number of aliphatic hydroxyl groups excluding tert-OH is 2. The van der Waals surface area contributed by atoms with Gasteiger partial charge in [0.15, 0.2) is 17.3 Å². The number of aliphatic hydroxyl groups is 2. The summed E-state index contributed by atoms with van der Waals surface area (Å²) in [6.45, 7) is -0.809. The fourth-order valence-electron chi connectivity index (χ4n) is 9.50. The van der Waals surface area contributed by atoms with Gasteiger partial charge in [-0.3, -0.25) is 14.4 Å². The SMILES string of the molecule is O=C(C1=CC(CCO)(C(=O)C2(CCO)C=C(C(=O)c3ccccc3)C(c3cccc(Cl)c3)=CC2C2=CNC=CC2)C(C2=CNC=CC2)C=C1c1cccc(Cl)c1)c1ccccc1. The van der Waals surface area contributed by atoms with Crippen molar-refractivity contribution in [3.05, 3.63) is 225 Å². The fraction of sp³-hybridized carbons (Fsp3) is 0.189. The minimum atomic E-state index is -1.58. The van der Waals surface area contributed by atoms with E-state index < -0.39 is 35.9 Å². The Kier molecular flexibility index (Phi) is 12.7. The number of carbonyl (C=O) groups excluding carboxylic acids is 3. The first kappa shape index (κ1) is 42.6. The van der Waals surface area contributed by atoms with E-state index in [1.165, 1.54) is 0 Å². The van der Waals surface area contributed by atoms with Crippen LogP contribution in [0.5, 0.6) is 0 Å². The van der Waals surface area contributed by atoms with Crippen LogP contribution in [0.25, 0.3) is 11.1 Å². The van der Waals surface area contributed by atoms with E-state index in [9.17, 15) is 19.8 Å². The zero-order chi connectivity index (χ0) is 43.3. The zero-order valence-corrected chi connectivity index (χ0v) is 35.5. The molecule has 2 aliphatic carbocycles. The molecule has 0 radical (unpaired) electrons. The van der Waals surface area contributed by atoms with Crippen LogP contribution < -0.4 is 10.6 Å². The minimum absolute atomic E-state index is 0.0692. The van der Waals surface area contributed by atoms with Crippen molar-refractivity contribution in [2.75, 3.05) is 13.2 Å². The third kappa shape index (κ3) is 8.17. The van der Waals surface area contributed by atoms with Gasteiger partial charge in [-0.25, -0.2) is 0 Å². The number of dihydropyridines is 2. The molecule has 4 aliphatic rings. The summed E-state index contributed by atoms with van der Waals surface area (Å²) in [5.74, 6) is -2.35. The molecule has 0 amide bonds. The monoisotopic (exact) mass is 860 g/mol. The zero-order valence-electron chi connectivity index (χ0n) is 33.9. The van der Waals surface area contributed by atoms with Gasteiger partial charge in [-0.15, -0.1) is 0 Å². The van der Waals surface area contributed by atoms with Crippen LogP contribution in [0.4, 0.5) is 0 Å². The molecule has 312 valence electrons. The van der Waals surface area contributed by atoms with Crippen molar-refractivity contribution in [2.24, 2.45) is 22.7 Å². The van der Waals surface area contributed by atoms with Crippen LogP contribution in [0.3, 0.4) is 0 Å². The van der Waals surface area contributed by atoms with Crippen molar-refractivity contribution in [1.29, 1.82) is 0 Å². The number of ketones is 3. The Hall–Kier alpha value is -6.09. The summed E-state index contributed by atoms with van der Waals surface area (Å²) in [4.78, 5) is 46.9. The summed E-state index contributed by atoms with van der Waals surface area (Å²) < 4.78 is 0. The number of Topliss-reactive ketones (excluding diaryl/α,β-unsaturated/α-hetero) is 3. The average Bonchev–Trinajstić information content (AvgIpc) is 3.31. The lowest BCUT2D eigenvalue weighted by molar-refractivity contribution is -0.139. The molecule has 4 aromatic carbocycles. The maximum Gasteiger partial charge on any atom is 0.193 e. The highest BCUT2D eigenvalue weighted by Crippen LogP contribution is 2.58. The molecule has 8 rings (SSSR count). The Morgan fingerprint density at radius 2 is 1.00 bits per heavy atom.